The van der Waals surface area contributed by atoms with Crippen LogP contribution in [0.4, 0.5) is 0 Å². The minimum Gasteiger partial charge on any atom is -0.377 e. The normalized spacial score (nSPS) is 9.75. The van der Waals surface area contributed by atoms with Crippen LogP contribution >= 0.6 is 0 Å². The Morgan fingerprint density at radius 3 is 2.19 bits per heavy atom. The van der Waals surface area contributed by atoms with E-state index in [4.69, 9.17) is 9.26 Å². The molecule has 1 aromatic heterocycles. The van der Waals surface area contributed by atoms with Gasteiger partial charge >= 0.3 is 0 Å². The van der Waals surface area contributed by atoms with Gasteiger partial charge in [0.15, 0.2) is 5.76 Å². The Morgan fingerprint density at radius 2 is 1.81 bits per heavy atom. The van der Waals surface area contributed by atoms with Gasteiger partial charge in [-0.3, -0.25) is 0 Å². The predicted molar refractivity (Wildman–Crippen MR) is 66.4 cm³/mol. The van der Waals surface area contributed by atoms with Crippen LogP contribution in [0.3, 0.4) is 0 Å². The van der Waals surface area contributed by atoms with Crippen LogP contribution < -0.4 is 0 Å². The summed E-state index contributed by atoms with van der Waals surface area (Å²) in [5.74, 6) is 0.773. The van der Waals surface area contributed by atoms with Crippen LogP contribution in [0.1, 0.15) is 57.4 Å². The Labute approximate surface area is 99.2 Å². The molecule has 0 aliphatic carbocycles. The number of methoxy groups -OCH3 is 1. The van der Waals surface area contributed by atoms with Crippen LogP contribution in [0.5, 0.6) is 0 Å². The molecule has 0 radical (unpaired) electrons. The first-order chi connectivity index (χ1) is 7.74. The maximum atomic E-state index is 4.83. The van der Waals surface area contributed by atoms with Gasteiger partial charge in [-0.2, -0.15) is 0 Å². The van der Waals surface area contributed by atoms with E-state index >= 15 is 0 Å². The molecule has 94 valence electrons. The average Bonchev–Trinajstić information content (AvgIpc) is 2.67. The van der Waals surface area contributed by atoms with Gasteiger partial charge in [0.25, 0.3) is 0 Å². The molecule has 1 rings (SSSR count). The van der Waals surface area contributed by atoms with E-state index in [1.807, 2.05) is 13.0 Å². The third kappa shape index (κ3) is 8.48. The molecule has 0 unspecified atom stereocenters. The van der Waals surface area contributed by atoms with Gasteiger partial charge in [0, 0.05) is 13.2 Å². The summed E-state index contributed by atoms with van der Waals surface area (Å²) in [4.78, 5) is 0. The summed E-state index contributed by atoms with van der Waals surface area (Å²) in [6.45, 7) is 6.87. The Bertz CT molecular complexity index is 242. The summed E-state index contributed by atoms with van der Waals surface area (Å²) >= 11 is 0. The standard InChI is InChI=1S/C7H16.C6H9NO2/c1-3-5-7-6-4-2;1-5-3-6(4-8-2)9-7-5/h3-7H2,1-2H3;3H,4H2,1-2H3. The lowest BCUT2D eigenvalue weighted by Crippen LogP contribution is -1.81. The van der Waals surface area contributed by atoms with Gasteiger partial charge in [0.1, 0.15) is 6.61 Å². The van der Waals surface area contributed by atoms with Gasteiger partial charge in [0.05, 0.1) is 5.69 Å². The van der Waals surface area contributed by atoms with Crippen molar-refractivity contribution in [1.29, 1.82) is 0 Å². The van der Waals surface area contributed by atoms with Crippen LogP contribution in [0.2, 0.25) is 0 Å². The molecular formula is C13H25NO2. The molecule has 0 aliphatic rings. The number of nitrogens with zero attached hydrogens (tertiary/aromatic N) is 1. The Balaban J connectivity index is 0.000000293. The SMILES string of the molecule is CCCCCCC.COCc1cc(C)no1. The summed E-state index contributed by atoms with van der Waals surface area (Å²) in [6, 6.07) is 1.85. The van der Waals surface area contributed by atoms with Gasteiger partial charge in [-0.05, 0) is 6.92 Å². The summed E-state index contributed by atoms with van der Waals surface area (Å²) in [5.41, 5.74) is 0.891. The molecule has 0 aliphatic heterocycles. The molecule has 0 amide bonds. The number of aromatic nitrogens is 1. The van der Waals surface area contributed by atoms with Crippen LogP contribution in [-0.4, -0.2) is 12.3 Å². The lowest BCUT2D eigenvalue weighted by molar-refractivity contribution is 0.156. The predicted octanol–water partition coefficient (Wildman–Crippen LogP) is 4.11. The summed E-state index contributed by atoms with van der Waals surface area (Å²) in [5, 5.41) is 3.68. The largest absolute Gasteiger partial charge is 0.377 e. The maximum absolute atomic E-state index is 4.83. The van der Waals surface area contributed by atoms with Crippen molar-refractivity contribution in [1.82, 2.24) is 5.16 Å². The second kappa shape index (κ2) is 10.7. The van der Waals surface area contributed by atoms with E-state index < -0.39 is 0 Å². The zero-order chi connectivity index (χ0) is 12.2. The van der Waals surface area contributed by atoms with Crippen LogP contribution in [0.25, 0.3) is 0 Å². The maximum Gasteiger partial charge on any atom is 0.162 e. The zero-order valence-electron chi connectivity index (χ0n) is 11.1. The molecule has 3 heteroatoms. The Kier molecular flexibility index (Phi) is 10.1. The monoisotopic (exact) mass is 227 g/mol. The van der Waals surface area contributed by atoms with E-state index in [9.17, 15) is 0 Å². The highest BCUT2D eigenvalue weighted by Gasteiger charge is 1.96. The minimum atomic E-state index is 0.501. The number of aryl methyl sites for hydroxylation is 1. The van der Waals surface area contributed by atoms with E-state index in [-0.39, 0.29) is 0 Å². The molecule has 1 heterocycles. The second-order valence-electron chi connectivity index (χ2n) is 3.93. The lowest BCUT2D eigenvalue weighted by atomic mass is 10.2. The molecule has 0 saturated heterocycles. The molecule has 0 saturated carbocycles. The number of rotatable bonds is 6. The first-order valence-electron chi connectivity index (χ1n) is 6.15. The van der Waals surface area contributed by atoms with Crippen LogP contribution in [0, 0.1) is 6.92 Å². The van der Waals surface area contributed by atoms with Gasteiger partial charge in [-0.15, -0.1) is 0 Å². The zero-order valence-corrected chi connectivity index (χ0v) is 11.1. The molecule has 0 fully saturated rings. The van der Waals surface area contributed by atoms with Crippen molar-refractivity contribution in [2.75, 3.05) is 7.11 Å². The lowest BCUT2D eigenvalue weighted by Gasteiger charge is -1.90. The molecule has 16 heavy (non-hydrogen) atoms. The van der Waals surface area contributed by atoms with Crippen LogP contribution in [0.15, 0.2) is 10.6 Å². The van der Waals surface area contributed by atoms with Crippen molar-refractivity contribution in [3.05, 3.63) is 17.5 Å². The van der Waals surface area contributed by atoms with Crippen molar-refractivity contribution < 1.29 is 9.26 Å². The first kappa shape index (κ1) is 15.2. The topological polar surface area (TPSA) is 35.3 Å². The summed E-state index contributed by atoms with van der Waals surface area (Å²) in [6.07, 6.45) is 7.01. The minimum absolute atomic E-state index is 0.501. The fourth-order valence-electron chi connectivity index (χ4n) is 1.30. The number of hydrogen-bond acceptors (Lipinski definition) is 3. The molecule has 1 aromatic rings. The van der Waals surface area contributed by atoms with E-state index in [2.05, 4.69) is 19.0 Å². The first-order valence-corrected chi connectivity index (χ1v) is 6.15. The molecule has 0 aromatic carbocycles. The summed E-state index contributed by atoms with van der Waals surface area (Å²) < 4.78 is 9.64. The molecule has 0 spiro atoms. The van der Waals surface area contributed by atoms with E-state index in [1.165, 1.54) is 32.1 Å². The van der Waals surface area contributed by atoms with Crippen molar-refractivity contribution in [3.8, 4) is 0 Å². The van der Waals surface area contributed by atoms with E-state index in [0.29, 0.717) is 6.61 Å². The van der Waals surface area contributed by atoms with Crippen molar-refractivity contribution in [3.63, 3.8) is 0 Å². The molecule has 0 N–H and O–H groups in total. The van der Waals surface area contributed by atoms with Crippen molar-refractivity contribution >= 4 is 0 Å². The molecule has 0 atom stereocenters. The fraction of sp³-hybridized carbons (Fsp3) is 0.769. The van der Waals surface area contributed by atoms with Crippen molar-refractivity contribution in [2.24, 2.45) is 0 Å². The number of hydrogen-bond donors (Lipinski definition) is 0. The fourth-order valence-corrected chi connectivity index (χ4v) is 1.30. The number of unbranched alkanes of at least 4 members (excludes halogenated alkanes) is 4. The van der Waals surface area contributed by atoms with Gasteiger partial charge < -0.3 is 9.26 Å². The number of ether oxygens (including phenoxy) is 1. The second-order valence-corrected chi connectivity index (χ2v) is 3.93. The smallest absolute Gasteiger partial charge is 0.162 e. The van der Waals surface area contributed by atoms with E-state index in [1.54, 1.807) is 7.11 Å². The molecule has 0 bridgehead atoms. The summed E-state index contributed by atoms with van der Waals surface area (Å²) in [7, 11) is 1.62. The van der Waals surface area contributed by atoms with Gasteiger partial charge in [0.2, 0.25) is 0 Å². The average molecular weight is 227 g/mol. The van der Waals surface area contributed by atoms with Gasteiger partial charge in [-0.25, -0.2) is 0 Å². The quantitative estimate of drug-likeness (QED) is 0.686. The molecular weight excluding hydrogens is 202 g/mol. The van der Waals surface area contributed by atoms with Crippen LogP contribution in [-0.2, 0) is 11.3 Å². The third-order valence-corrected chi connectivity index (χ3v) is 2.17. The molecule has 3 nitrogen and oxygen atoms in total. The van der Waals surface area contributed by atoms with Gasteiger partial charge in [-0.1, -0.05) is 51.1 Å². The van der Waals surface area contributed by atoms with Crippen molar-refractivity contribution in [2.45, 2.75) is 59.5 Å². The third-order valence-electron chi connectivity index (χ3n) is 2.17. The Hall–Kier alpha value is -0.830. The highest BCUT2D eigenvalue weighted by molar-refractivity contribution is 5.01. The van der Waals surface area contributed by atoms with E-state index in [0.717, 1.165) is 11.5 Å². The Morgan fingerprint density at radius 1 is 1.19 bits per heavy atom. The highest BCUT2D eigenvalue weighted by atomic mass is 16.5. The highest BCUT2D eigenvalue weighted by Crippen LogP contribution is 2.02.